The second-order valence-corrected chi connectivity index (χ2v) is 7.07. The summed E-state index contributed by atoms with van der Waals surface area (Å²) in [5, 5.41) is 4.88. The minimum Gasteiger partial charge on any atom is -0.305 e. The lowest BCUT2D eigenvalue weighted by atomic mass is 10.0. The molecule has 0 saturated heterocycles. The number of hydrogen-bond donors (Lipinski definition) is 0. The van der Waals surface area contributed by atoms with Crippen LogP contribution < -0.4 is 4.90 Å². The van der Waals surface area contributed by atoms with Crippen molar-refractivity contribution in [3.63, 3.8) is 0 Å². The quantitative estimate of drug-likeness (QED) is 0.663. The van der Waals surface area contributed by atoms with Crippen molar-refractivity contribution < 1.29 is 9.18 Å². The van der Waals surface area contributed by atoms with Gasteiger partial charge in [0.05, 0.1) is 16.9 Å². The Morgan fingerprint density at radius 3 is 2.70 bits per heavy atom. The molecule has 0 N–H and O–H groups in total. The van der Waals surface area contributed by atoms with Crippen molar-refractivity contribution in [1.82, 2.24) is 14.8 Å². The molecule has 4 rings (SSSR count). The van der Waals surface area contributed by atoms with Crippen molar-refractivity contribution in [2.75, 3.05) is 11.4 Å². The number of benzene rings is 1. The van der Waals surface area contributed by atoms with Gasteiger partial charge in [0.25, 0.3) is 5.91 Å². The summed E-state index contributed by atoms with van der Waals surface area (Å²) in [6.07, 6.45) is 2.90. The van der Waals surface area contributed by atoms with Crippen LogP contribution in [0.5, 0.6) is 0 Å². The summed E-state index contributed by atoms with van der Waals surface area (Å²) in [7, 11) is 0. The van der Waals surface area contributed by atoms with Crippen LogP contribution >= 0.6 is 11.6 Å². The van der Waals surface area contributed by atoms with E-state index >= 15 is 0 Å². The number of aromatic nitrogens is 3. The number of hydrogen-bond acceptors (Lipinski definition) is 3. The monoisotopic (exact) mass is 384 g/mol. The van der Waals surface area contributed by atoms with Gasteiger partial charge in [-0.15, -0.1) is 0 Å². The van der Waals surface area contributed by atoms with Gasteiger partial charge in [0.15, 0.2) is 5.82 Å². The maximum Gasteiger partial charge on any atom is 0.259 e. The molecule has 1 aromatic carbocycles. The van der Waals surface area contributed by atoms with Gasteiger partial charge in [0.2, 0.25) is 0 Å². The first kappa shape index (κ1) is 17.7. The lowest BCUT2D eigenvalue weighted by Gasteiger charge is -2.30. The van der Waals surface area contributed by atoms with Crippen molar-refractivity contribution in [3.05, 3.63) is 69.9 Å². The number of nitrogens with zero attached hydrogens (tertiary/aromatic N) is 4. The van der Waals surface area contributed by atoms with Crippen LogP contribution in [0.15, 0.2) is 36.5 Å². The van der Waals surface area contributed by atoms with Crippen molar-refractivity contribution in [3.8, 4) is 5.82 Å². The third-order valence-electron chi connectivity index (χ3n) is 4.72. The summed E-state index contributed by atoms with van der Waals surface area (Å²) >= 11 is 6.21. The summed E-state index contributed by atoms with van der Waals surface area (Å²) in [6, 6.07) is 8.23. The summed E-state index contributed by atoms with van der Waals surface area (Å²) in [4.78, 5) is 18.8. The van der Waals surface area contributed by atoms with E-state index in [0.29, 0.717) is 34.9 Å². The van der Waals surface area contributed by atoms with Crippen LogP contribution in [0.25, 0.3) is 5.82 Å². The Kier molecular flexibility index (Phi) is 4.44. The average Bonchev–Trinajstić information content (AvgIpc) is 3.02. The number of rotatable bonds is 2. The van der Waals surface area contributed by atoms with Crippen LogP contribution in [0.2, 0.25) is 5.02 Å². The van der Waals surface area contributed by atoms with Gasteiger partial charge in [-0.25, -0.2) is 14.1 Å². The van der Waals surface area contributed by atoms with E-state index in [1.807, 2.05) is 19.9 Å². The Hall–Kier alpha value is -2.73. The molecule has 1 aliphatic rings. The molecule has 0 radical (unpaired) electrons. The van der Waals surface area contributed by atoms with Gasteiger partial charge in [-0.2, -0.15) is 5.10 Å². The zero-order valence-corrected chi connectivity index (χ0v) is 15.8. The highest BCUT2D eigenvalue weighted by atomic mass is 35.5. The average molecular weight is 385 g/mol. The molecular formula is C20H18ClFN4O. The van der Waals surface area contributed by atoms with Gasteiger partial charge in [-0.3, -0.25) is 4.79 Å². The highest BCUT2D eigenvalue weighted by Gasteiger charge is 2.28. The number of carbonyl (C=O) groups excluding carboxylic acids is 1. The molecule has 27 heavy (non-hydrogen) atoms. The van der Waals surface area contributed by atoms with E-state index in [4.69, 9.17) is 11.6 Å². The number of halogens is 2. The normalized spacial score (nSPS) is 13.6. The Bertz CT molecular complexity index is 1030. The minimum atomic E-state index is -0.435. The zero-order chi connectivity index (χ0) is 19.1. The van der Waals surface area contributed by atoms with Crippen LogP contribution in [0.3, 0.4) is 0 Å². The molecule has 7 heteroatoms. The fourth-order valence-corrected chi connectivity index (χ4v) is 3.74. The standard InChI is InChI=1S/C20H18ClFN4O/c1-12-10-13(2)26(24-12)18-8-5-14(11-23-18)20(27)25-9-3-4-15-16(21)6-7-17(22)19(15)25/h5-8,10-11H,3-4,9H2,1-2H3. The minimum absolute atomic E-state index is 0.279. The first-order chi connectivity index (χ1) is 13.0. The van der Waals surface area contributed by atoms with Crippen molar-refractivity contribution in [2.45, 2.75) is 26.7 Å². The predicted molar refractivity (Wildman–Crippen MR) is 102 cm³/mol. The number of amides is 1. The van der Waals surface area contributed by atoms with E-state index in [1.165, 1.54) is 23.2 Å². The molecule has 2 aromatic heterocycles. The fraction of sp³-hybridized carbons (Fsp3) is 0.250. The maximum absolute atomic E-state index is 14.4. The number of anilines is 1. The van der Waals surface area contributed by atoms with Gasteiger partial charge < -0.3 is 4.90 Å². The topological polar surface area (TPSA) is 51.0 Å². The molecule has 5 nitrogen and oxygen atoms in total. The molecular weight excluding hydrogens is 367 g/mol. The maximum atomic E-state index is 14.4. The fourth-order valence-electron chi connectivity index (χ4n) is 3.50. The van der Waals surface area contributed by atoms with Crippen molar-refractivity contribution in [1.29, 1.82) is 0 Å². The van der Waals surface area contributed by atoms with Gasteiger partial charge in [-0.1, -0.05) is 11.6 Å². The highest BCUT2D eigenvalue weighted by molar-refractivity contribution is 6.32. The lowest BCUT2D eigenvalue weighted by molar-refractivity contribution is 0.0984. The van der Waals surface area contributed by atoms with Crippen LogP contribution in [0.1, 0.15) is 33.7 Å². The molecule has 1 aliphatic heterocycles. The van der Waals surface area contributed by atoms with Crippen LogP contribution in [0.4, 0.5) is 10.1 Å². The summed E-state index contributed by atoms with van der Waals surface area (Å²) in [5.41, 5.74) is 3.21. The van der Waals surface area contributed by atoms with Gasteiger partial charge in [-0.05, 0) is 62.6 Å². The Morgan fingerprint density at radius 1 is 1.22 bits per heavy atom. The predicted octanol–water partition coefficient (Wildman–Crippen LogP) is 4.27. The molecule has 0 aliphatic carbocycles. The third-order valence-corrected chi connectivity index (χ3v) is 5.08. The first-order valence-electron chi connectivity index (χ1n) is 8.74. The van der Waals surface area contributed by atoms with Crippen LogP contribution in [-0.2, 0) is 6.42 Å². The third kappa shape index (κ3) is 3.10. The molecule has 0 bridgehead atoms. The van der Waals surface area contributed by atoms with Crippen molar-refractivity contribution >= 4 is 23.2 Å². The van der Waals surface area contributed by atoms with Crippen molar-refractivity contribution in [2.24, 2.45) is 0 Å². The number of carbonyl (C=O) groups is 1. The Labute approximate surface area is 161 Å². The second-order valence-electron chi connectivity index (χ2n) is 6.66. The molecule has 0 saturated carbocycles. The summed E-state index contributed by atoms with van der Waals surface area (Å²) < 4.78 is 16.2. The molecule has 3 aromatic rings. The van der Waals surface area contributed by atoms with E-state index in [1.54, 1.807) is 16.8 Å². The molecule has 3 heterocycles. The van der Waals surface area contributed by atoms with Crippen LogP contribution in [0, 0.1) is 19.7 Å². The largest absolute Gasteiger partial charge is 0.305 e. The van der Waals surface area contributed by atoms with Crippen LogP contribution in [-0.4, -0.2) is 27.2 Å². The molecule has 0 spiro atoms. The molecule has 138 valence electrons. The molecule has 0 unspecified atom stereocenters. The van der Waals surface area contributed by atoms with E-state index in [2.05, 4.69) is 10.1 Å². The van der Waals surface area contributed by atoms with Gasteiger partial charge >= 0.3 is 0 Å². The smallest absolute Gasteiger partial charge is 0.259 e. The zero-order valence-electron chi connectivity index (χ0n) is 15.0. The molecule has 0 atom stereocenters. The Balaban J connectivity index is 1.67. The van der Waals surface area contributed by atoms with E-state index < -0.39 is 5.82 Å². The van der Waals surface area contributed by atoms with E-state index in [9.17, 15) is 9.18 Å². The SMILES string of the molecule is Cc1cc(C)n(-c2ccc(C(=O)N3CCCc4c(Cl)ccc(F)c43)cn2)n1. The summed E-state index contributed by atoms with van der Waals surface area (Å²) in [5.74, 6) is -0.0929. The first-order valence-corrected chi connectivity index (χ1v) is 9.12. The second kappa shape index (κ2) is 6.78. The van der Waals surface area contributed by atoms with E-state index in [-0.39, 0.29) is 11.6 Å². The summed E-state index contributed by atoms with van der Waals surface area (Å²) in [6.45, 7) is 4.30. The highest BCUT2D eigenvalue weighted by Crippen LogP contribution is 2.35. The lowest BCUT2D eigenvalue weighted by Crippen LogP contribution is -2.36. The number of pyridine rings is 1. The number of fused-ring (bicyclic) bond motifs is 1. The molecule has 1 amide bonds. The number of aryl methyl sites for hydroxylation is 2. The van der Waals surface area contributed by atoms with E-state index in [0.717, 1.165) is 17.8 Å². The molecule has 0 fully saturated rings. The van der Waals surface area contributed by atoms with Gasteiger partial charge in [0.1, 0.15) is 5.82 Å². The van der Waals surface area contributed by atoms with Gasteiger partial charge in [0, 0.05) is 23.5 Å². The Morgan fingerprint density at radius 2 is 2.04 bits per heavy atom.